The van der Waals surface area contributed by atoms with Gasteiger partial charge >= 0.3 is 21.7 Å². The van der Waals surface area contributed by atoms with Crippen molar-refractivity contribution < 1.29 is 30.5 Å². The second-order valence-corrected chi connectivity index (χ2v) is 3.36. The maximum atomic E-state index is 11.9. The Kier molecular flexibility index (Phi) is 10.7. The number of benzene rings is 1. The van der Waals surface area contributed by atoms with Crippen LogP contribution >= 0.6 is 0 Å². The van der Waals surface area contributed by atoms with E-state index >= 15 is 0 Å². The van der Waals surface area contributed by atoms with E-state index in [-0.39, 0.29) is 21.7 Å². The van der Waals surface area contributed by atoms with Gasteiger partial charge in [-0.25, -0.2) is 33.0 Å². The molecule has 0 amide bonds. The molecule has 0 fully saturated rings. The van der Waals surface area contributed by atoms with E-state index < -0.39 is 11.6 Å². The molecule has 19 heavy (non-hydrogen) atoms. The van der Waals surface area contributed by atoms with Gasteiger partial charge in [0, 0.05) is 6.07 Å². The van der Waals surface area contributed by atoms with Gasteiger partial charge in [-0.1, -0.05) is 6.07 Å². The molecular formula is C16H14F2Ti. The maximum absolute atomic E-state index is 11.9. The number of hydrogen-bond acceptors (Lipinski definition) is 0. The number of hydrogen-bond donors (Lipinski definition) is 0. The summed E-state index contributed by atoms with van der Waals surface area (Å²) in [6.45, 7) is 0. The average Bonchev–Trinajstić information content (AvgIpc) is 3.09. The van der Waals surface area contributed by atoms with Crippen LogP contribution in [0, 0.1) is 11.6 Å². The fraction of sp³-hybridized carbons (Fsp3) is 0. The first-order valence-electron chi connectivity index (χ1n) is 5.53. The van der Waals surface area contributed by atoms with E-state index in [1.165, 1.54) is 18.2 Å². The van der Waals surface area contributed by atoms with Crippen molar-refractivity contribution >= 4 is 0 Å². The van der Waals surface area contributed by atoms with Crippen molar-refractivity contribution in [1.29, 1.82) is 0 Å². The van der Waals surface area contributed by atoms with Gasteiger partial charge in [0.1, 0.15) is 11.6 Å². The molecule has 0 aromatic heterocycles. The fourth-order valence-electron chi connectivity index (χ4n) is 1.10. The van der Waals surface area contributed by atoms with Crippen LogP contribution in [0.3, 0.4) is 0 Å². The molecule has 3 rings (SSSR count). The summed E-state index contributed by atoms with van der Waals surface area (Å²) >= 11 is 0. The Hall–Kier alpha value is -1.51. The third-order valence-electron chi connectivity index (χ3n) is 1.90. The van der Waals surface area contributed by atoms with E-state index in [0.29, 0.717) is 0 Å². The topological polar surface area (TPSA) is 0 Å². The molecule has 0 saturated heterocycles. The molecule has 0 nitrogen and oxygen atoms in total. The Morgan fingerprint density at radius 3 is 1.16 bits per heavy atom. The van der Waals surface area contributed by atoms with Gasteiger partial charge in [0.05, 0.1) is 0 Å². The van der Waals surface area contributed by atoms with Crippen LogP contribution in [0.4, 0.5) is 8.78 Å². The predicted molar refractivity (Wildman–Crippen MR) is 70.4 cm³/mol. The minimum atomic E-state index is -0.537. The number of halogens is 2. The molecule has 3 aromatic carbocycles. The quantitative estimate of drug-likeness (QED) is 0.413. The van der Waals surface area contributed by atoms with Gasteiger partial charge < -0.3 is 0 Å². The molecular weight excluding hydrogens is 278 g/mol. The molecule has 0 bridgehead atoms. The van der Waals surface area contributed by atoms with E-state index in [9.17, 15) is 8.78 Å². The van der Waals surface area contributed by atoms with Gasteiger partial charge in [0.15, 0.2) is 0 Å². The summed E-state index contributed by atoms with van der Waals surface area (Å²) in [5.74, 6) is -1.07. The van der Waals surface area contributed by atoms with Gasteiger partial charge in [-0.05, 0) is 12.1 Å². The van der Waals surface area contributed by atoms with Crippen molar-refractivity contribution in [2.45, 2.75) is 0 Å². The third-order valence-corrected chi connectivity index (χ3v) is 1.90. The smallest absolute Gasteiger partial charge is 0.214 e. The minimum Gasteiger partial charge on any atom is -0.214 e. The normalized spacial score (nSPS) is 8.11. The molecule has 0 N–H and O–H groups in total. The van der Waals surface area contributed by atoms with Crippen molar-refractivity contribution in [1.82, 2.24) is 0 Å². The molecule has 0 saturated carbocycles. The van der Waals surface area contributed by atoms with E-state index in [2.05, 4.69) is 0 Å². The van der Waals surface area contributed by atoms with Crippen LogP contribution in [0.5, 0.6) is 0 Å². The summed E-state index contributed by atoms with van der Waals surface area (Å²) in [5.41, 5.74) is 0. The van der Waals surface area contributed by atoms with Crippen molar-refractivity contribution in [2.24, 2.45) is 0 Å². The van der Waals surface area contributed by atoms with Crippen LogP contribution in [0.15, 0.2) is 84.9 Å². The summed E-state index contributed by atoms with van der Waals surface area (Å²) in [6.07, 6.45) is 0. The first kappa shape index (κ1) is 17.5. The second kappa shape index (κ2) is 11.6. The zero-order valence-corrected chi connectivity index (χ0v) is 11.9. The molecule has 0 aliphatic heterocycles. The minimum absolute atomic E-state index is 0. The summed E-state index contributed by atoms with van der Waals surface area (Å²) in [4.78, 5) is 0. The summed E-state index contributed by atoms with van der Waals surface area (Å²) in [6, 6.07) is 24.6. The van der Waals surface area contributed by atoms with Crippen LogP contribution in [0.1, 0.15) is 0 Å². The maximum Gasteiger partial charge on any atom is 2.00 e. The summed E-state index contributed by atoms with van der Waals surface area (Å²) < 4.78 is 23.9. The zero-order chi connectivity index (χ0) is 13.1. The van der Waals surface area contributed by atoms with Crippen LogP contribution in [0.25, 0.3) is 0 Å². The fourth-order valence-corrected chi connectivity index (χ4v) is 1.10. The van der Waals surface area contributed by atoms with E-state index in [1.807, 2.05) is 60.7 Å². The van der Waals surface area contributed by atoms with Crippen LogP contribution < -0.4 is 0 Å². The van der Waals surface area contributed by atoms with Crippen LogP contribution in [0.2, 0.25) is 0 Å². The molecule has 0 spiro atoms. The molecule has 0 atom stereocenters. The van der Waals surface area contributed by atoms with Gasteiger partial charge in [-0.15, -0.1) is 0 Å². The Balaban J connectivity index is 0.000000259. The Bertz CT molecular complexity index is 409. The van der Waals surface area contributed by atoms with Crippen molar-refractivity contribution in [3.63, 3.8) is 0 Å². The van der Waals surface area contributed by atoms with E-state index in [1.54, 1.807) is 0 Å². The average molecular weight is 292 g/mol. The van der Waals surface area contributed by atoms with Crippen LogP contribution in [-0.4, -0.2) is 0 Å². The molecule has 3 aromatic rings. The Morgan fingerprint density at radius 2 is 1.00 bits per heavy atom. The first-order chi connectivity index (χ1) is 8.79. The molecule has 0 aliphatic carbocycles. The summed E-state index contributed by atoms with van der Waals surface area (Å²) in [7, 11) is 0. The first-order valence-corrected chi connectivity index (χ1v) is 5.53. The monoisotopic (exact) mass is 292 g/mol. The van der Waals surface area contributed by atoms with Crippen LogP contribution in [-0.2, 0) is 21.7 Å². The van der Waals surface area contributed by atoms with Crippen molar-refractivity contribution in [2.75, 3.05) is 0 Å². The Labute approximate surface area is 127 Å². The largest absolute Gasteiger partial charge is 2.00 e. The van der Waals surface area contributed by atoms with Crippen molar-refractivity contribution in [3.05, 3.63) is 96.6 Å². The zero-order valence-electron chi connectivity index (χ0n) is 10.3. The summed E-state index contributed by atoms with van der Waals surface area (Å²) in [5, 5.41) is 0. The predicted octanol–water partition coefficient (Wildman–Crippen LogP) is 4.77. The van der Waals surface area contributed by atoms with Gasteiger partial charge in [0.2, 0.25) is 0 Å². The molecule has 0 aliphatic rings. The van der Waals surface area contributed by atoms with Gasteiger partial charge in [-0.2, -0.15) is 36.4 Å². The van der Waals surface area contributed by atoms with Gasteiger partial charge in [0.25, 0.3) is 0 Å². The molecule has 3 heteroatoms. The second-order valence-electron chi connectivity index (χ2n) is 3.36. The van der Waals surface area contributed by atoms with E-state index in [4.69, 9.17) is 0 Å². The standard InChI is InChI=1S/C6H4F2.2C5H5.Ti/c7-5-2-1-3-6(8)4-5;2*1-2-4-5-3-1;/h1-4H;2*1-5H;/q;2*-1;+2. The van der Waals surface area contributed by atoms with Crippen molar-refractivity contribution in [3.8, 4) is 0 Å². The molecule has 0 radical (unpaired) electrons. The van der Waals surface area contributed by atoms with Gasteiger partial charge in [-0.3, -0.25) is 0 Å². The number of rotatable bonds is 0. The van der Waals surface area contributed by atoms with E-state index in [0.717, 1.165) is 6.07 Å². The SMILES string of the molecule is Fc1cccc(F)c1.[Ti+2].c1cc[cH-]c1.c1cc[cH-]c1. The third kappa shape index (κ3) is 10.1. The molecule has 96 valence electrons. The molecule has 0 heterocycles. The Morgan fingerprint density at radius 1 is 0.632 bits per heavy atom. The molecule has 0 unspecified atom stereocenters.